The predicted octanol–water partition coefficient (Wildman–Crippen LogP) is 2.40. The molecule has 24 heavy (non-hydrogen) atoms. The predicted molar refractivity (Wildman–Crippen MR) is 92.0 cm³/mol. The smallest absolute Gasteiger partial charge is 0.228 e. The number of amides is 1. The van der Waals surface area contributed by atoms with Crippen molar-refractivity contribution in [1.82, 2.24) is 30.4 Å². The van der Waals surface area contributed by atoms with Crippen LogP contribution in [-0.2, 0) is 11.2 Å². The molecule has 0 aliphatic carbocycles. The summed E-state index contributed by atoms with van der Waals surface area (Å²) in [5.41, 5.74) is 1.00. The third-order valence-corrected chi connectivity index (χ3v) is 4.85. The zero-order valence-corrected chi connectivity index (χ0v) is 14.9. The fourth-order valence-corrected chi connectivity index (χ4v) is 3.90. The number of hydrogen-bond acceptors (Lipinski definition) is 8. The number of anilines is 1. The summed E-state index contributed by atoms with van der Waals surface area (Å²) in [6, 6.07) is 1.73. The molecule has 0 bridgehead atoms. The third kappa shape index (κ3) is 4.20. The molecule has 3 aromatic rings. The molecule has 1 amide bonds. The summed E-state index contributed by atoms with van der Waals surface area (Å²) in [4.78, 5) is 12.4. The van der Waals surface area contributed by atoms with Gasteiger partial charge in [-0.3, -0.25) is 4.79 Å². The number of hydrogen-bond donors (Lipinski definition) is 1. The Morgan fingerprint density at radius 2 is 2.25 bits per heavy atom. The number of aromatic nitrogens is 6. The Kier molecular flexibility index (Phi) is 5.26. The normalized spacial score (nSPS) is 12.5. The van der Waals surface area contributed by atoms with Gasteiger partial charge in [0.1, 0.15) is 11.3 Å². The van der Waals surface area contributed by atoms with E-state index in [4.69, 9.17) is 0 Å². The molecule has 0 saturated carbocycles. The average molecular weight is 363 g/mol. The van der Waals surface area contributed by atoms with E-state index < -0.39 is 0 Å². The van der Waals surface area contributed by atoms with Crippen molar-refractivity contribution >= 4 is 33.7 Å². The Balaban J connectivity index is 1.67. The molecule has 126 valence electrons. The van der Waals surface area contributed by atoms with Crippen molar-refractivity contribution in [2.75, 3.05) is 5.32 Å². The lowest BCUT2D eigenvalue weighted by atomic mass is 10.1. The van der Waals surface area contributed by atoms with Crippen LogP contribution in [0.3, 0.4) is 0 Å². The van der Waals surface area contributed by atoms with Crippen molar-refractivity contribution < 1.29 is 4.79 Å². The number of tetrazole rings is 1. The molecular weight excluding hydrogens is 346 g/mol. The summed E-state index contributed by atoms with van der Waals surface area (Å²) < 4.78 is 1.59. The van der Waals surface area contributed by atoms with E-state index in [2.05, 4.69) is 44.9 Å². The highest BCUT2D eigenvalue weighted by molar-refractivity contribution is 7.15. The fourth-order valence-electron chi connectivity index (χ4n) is 2.22. The van der Waals surface area contributed by atoms with Crippen LogP contribution in [0.2, 0.25) is 0 Å². The maximum absolute atomic E-state index is 12.4. The van der Waals surface area contributed by atoms with Gasteiger partial charge in [0.25, 0.3) is 0 Å². The standard InChI is InChI=1S/C14H17N7OS2/c1-9(2)5-13-17-18-14(24-13)16-12(22)6-11(10-3-4-23-7-10)21-8-15-19-20-21/h3-4,7-9,11H,5-6H2,1-2H3,(H,16,18,22)/t11-/m0/s1. The molecule has 3 heterocycles. The van der Waals surface area contributed by atoms with Crippen LogP contribution in [0.5, 0.6) is 0 Å². The van der Waals surface area contributed by atoms with Gasteiger partial charge in [0.2, 0.25) is 11.0 Å². The summed E-state index contributed by atoms with van der Waals surface area (Å²) >= 11 is 2.98. The average Bonchev–Trinajstić information content (AvgIpc) is 3.27. The Bertz CT molecular complexity index is 733. The lowest BCUT2D eigenvalue weighted by molar-refractivity contribution is -0.116. The number of carbonyl (C=O) groups excluding carboxylic acids is 1. The zero-order valence-electron chi connectivity index (χ0n) is 13.3. The lowest BCUT2D eigenvalue weighted by Crippen LogP contribution is -2.20. The fraction of sp³-hybridized carbons (Fsp3) is 0.429. The van der Waals surface area contributed by atoms with E-state index >= 15 is 0 Å². The third-order valence-electron chi connectivity index (χ3n) is 3.29. The van der Waals surface area contributed by atoms with E-state index in [-0.39, 0.29) is 18.4 Å². The van der Waals surface area contributed by atoms with Gasteiger partial charge in [0.05, 0.1) is 12.5 Å². The quantitative estimate of drug-likeness (QED) is 0.692. The summed E-state index contributed by atoms with van der Waals surface area (Å²) in [5.74, 6) is 0.359. The Hall–Kier alpha value is -2.20. The minimum atomic E-state index is -0.241. The van der Waals surface area contributed by atoms with Crippen LogP contribution < -0.4 is 5.32 Å². The minimum absolute atomic E-state index is 0.144. The maximum Gasteiger partial charge on any atom is 0.228 e. The van der Waals surface area contributed by atoms with Gasteiger partial charge < -0.3 is 5.32 Å². The van der Waals surface area contributed by atoms with Gasteiger partial charge in [-0.15, -0.1) is 15.3 Å². The second-order valence-electron chi connectivity index (χ2n) is 5.71. The first-order chi connectivity index (χ1) is 11.6. The number of nitrogens with zero attached hydrogens (tertiary/aromatic N) is 6. The molecule has 3 rings (SSSR count). The molecule has 0 aromatic carbocycles. The van der Waals surface area contributed by atoms with Gasteiger partial charge in [0, 0.05) is 6.42 Å². The molecule has 1 atom stereocenters. The zero-order chi connectivity index (χ0) is 16.9. The van der Waals surface area contributed by atoms with Crippen LogP contribution in [0.15, 0.2) is 23.2 Å². The molecule has 0 radical (unpaired) electrons. The number of thiophene rings is 1. The molecule has 0 unspecified atom stereocenters. The van der Waals surface area contributed by atoms with Crippen LogP contribution in [0, 0.1) is 5.92 Å². The van der Waals surface area contributed by atoms with Crippen molar-refractivity contribution in [2.45, 2.75) is 32.7 Å². The van der Waals surface area contributed by atoms with E-state index in [0.717, 1.165) is 17.0 Å². The van der Waals surface area contributed by atoms with Crippen molar-refractivity contribution in [3.8, 4) is 0 Å². The molecule has 1 N–H and O–H groups in total. The number of rotatable bonds is 7. The highest BCUT2D eigenvalue weighted by Crippen LogP contribution is 2.24. The lowest BCUT2D eigenvalue weighted by Gasteiger charge is -2.14. The van der Waals surface area contributed by atoms with E-state index in [1.165, 1.54) is 17.7 Å². The first kappa shape index (κ1) is 16.7. The Morgan fingerprint density at radius 3 is 2.92 bits per heavy atom. The van der Waals surface area contributed by atoms with Gasteiger partial charge in [-0.25, -0.2) is 4.68 Å². The summed E-state index contributed by atoms with van der Waals surface area (Å²) in [6.07, 6.45) is 2.60. The molecule has 3 aromatic heterocycles. The van der Waals surface area contributed by atoms with E-state index in [0.29, 0.717) is 11.0 Å². The van der Waals surface area contributed by atoms with Gasteiger partial charge in [0.15, 0.2) is 0 Å². The molecule has 0 spiro atoms. The first-order valence-electron chi connectivity index (χ1n) is 7.48. The Labute approximate surface area is 146 Å². The molecule has 0 aliphatic rings. The minimum Gasteiger partial charge on any atom is -0.300 e. The van der Waals surface area contributed by atoms with Gasteiger partial charge in [-0.2, -0.15) is 11.3 Å². The van der Waals surface area contributed by atoms with E-state index in [1.54, 1.807) is 16.0 Å². The molecule has 10 heteroatoms. The molecule has 8 nitrogen and oxygen atoms in total. The van der Waals surface area contributed by atoms with Crippen LogP contribution in [0.4, 0.5) is 5.13 Å². The van der Waals surface area contributed by atoms with E-state index in [9.17, 15) is 4.79 Å². The molecule has 0 saturated heterocycles. The Morgan fingerprint density at radius 1 is 1.38 bits per heavy atom. The van der Waals surface area contributed by atoms with Crippen molar-refractivity contribution in [2.24, 2.45) is 5.92 Å². The largest absolute Gasteiger partial charge is 0.300 e. The van der Waals surface area contributed by atoms with E-state index in [1.807, 2.05) is 16.8 Å². The van der Waals surface area contributed by atoms with Crippen molar-refractivity contribution in [3.63, 3.8) is 0 Å². The van der Waals surface area contributed by atoms with Crippen LogP contribution in [-0.4, -0.2) is 36.3 Å². The van der Waals surface area contributed by atoms with Gasteiger partial charge in [-0.05, 0) is 38.7 Å². The van der Waals surface area contributed by atoms with Crippen molar-refractivity contribution in [1.29, 1.82) is 0 Å². The summed E-state index contributed by atoms with van der Waals surface area (Å²) in [5, 5.41) is 27.6. The second kappa shape index (κ2) is 7.58. The second-order valence-corrected chi connectivity index (χ2v) is 7.56. The maximum atomic E-state index is 12.4. The van der Waals surface area contributed by atoms with Crippen LogP contribution in [0.1, 0.15) is 36.9 Å². The molecular formula is C14H17N7OS2. The SMILES string of the molecule is CC(C)Cc1nnc(NC(=O)C[C@@H](c2ccsc2)n2cnnn2)s1. The van der Waals surface area contributed by atoms with Gasteiger partial charge >= 0.3 is 0 Å². The van der Waals surface area contributed by atoms with Crippen LogP contribution in [0.25, 0.3) is 0 Å². The monoisotopic (exact) mass is 363 g/mol. The summed E-state index contributed by atoms with van der Waals surface area (Å²) in [7, 11) is 0. The topological polar surface area (TPSA) is 98.5 Å². The molecule has 0 fully saturated rings. The summed E-state index contributed by atoms with van der Waals surface area (Å²) in [6.45, 7) is 4.24. The number of carbonyl (C=O) groups is 1. The van der Waals surface area contributed by atoms with Crippen LogP contribution >= 0.6 is 22.7 Å². The number of nitrogens with one attached hydrogen (secondary N) is 1. The highest BCUT2D eigenvalue weighted by atomic mass is 32.1. The van der Waals surface area contributed by atoms with Gasteiger partial charge in [-0.1, -0.05) is 25.2 Å². The molecule has 0 aliphatic heterocycles. The van der Waals surface area contributed by atoms with Crippen molar-refractivity contribution in [3.05, 3.63) is 33.7 Å². The first-order valence-corrected chi connectivity index (χ1v) is 9.24. The highest BCUT2D eigenvalue weighted by Gasteiger charge is 2.20.